The van der Waals surface area contributed by atoms with Gasteiger partial charge in [-0.05, 0) is 98.3 Å². The number of amides is 1. The zero-order chi connectivity index (χ0) is 30.7. The van der Waals surface area contributed by atoms with Gasteiger partial charge in [-0.3, -0.25) is 9.36 Å². The molecule has 7 heteroatoms. The Morgan fingerprint density at radius 1 is 1.11 bits per heavy atom. The van der Waals surface area contributed by atoms with Gasteiger partial charge in [0.15, 0.2) is 0 Å². The molecule has 0 aliphatic heterocycles. The number of unbranched alkanes of at least 4 members (excludes halogenated alkanes) is 1. The summed E-state index contributed by atoms with van der Waals surface area (Å²) in [7, 11) is 0. The van der Waals surface area contributed by atoms with Crippen molar-refractivity contribution in [2.24, 2.45) is 17.3 Å². The molecule has 0 saturated heterocycles. The Kier molecular flexibility index (Phi) is 9.03. The van der Waals surface area contributed by atoms with E-state index in [-0.39, 0.29) is 11.0 Å². The zero-order valence-corrected chi connectivity index (χ0v) is 26.5. The van der Waals surface area contributed by atoms with Crippen molar-refractivity contribution >= 4 is 6.09 Å². The second-order valence-corrected chi connectivity index (χ2v) is 13.3. The normalized spacial score (nSPS) is 21.8. The number of nitrogens with one attached hydrogen (secondary N) is 2. The Labute approximate surface area is 261 Å². The van der Waals surface area contributed by atoms with Crippen LogP contribution in [0.1, 0.15) is 87.0 Å². The highest BCUT2D eigenvalue weighted by Crippen LogP contribution is 2.57. The van der Waals surface area contributed by atoms with E-state index >= 15 is 0 Å². The number of hydrogen-bond donors (Lipinski definition) is 2. The van der Waals surface area contributed by atoms with Crippen LogP contribution in [0.2, 0.25) is 0 Å². The van der Waals surface area contributed by atoms with Gasteiger partial charge in [0.05, 0.1) is 12.2 Å². The molecule has 2 aromatic carbocycles. The molecule has 3 atom stereocenters. The molecule has 3 unspecified atom stereocenters. The molecular formula is C37H46N4O3. The molecule has 0 radical (unpaired) electrons. The van der Waals surface area contributed by atoms with Crippen LogP contribution < -0.4 is 16.4 Å². The van der Waals surface area contributed by atoms with E-state index in [1.165, 1.54) is 25.7 Å². The van der Waals surface area contributed by atoms with E-state index in [1.54, 1.807) is 5.57 Å². The highest BCUT2D eigenvalue weighted by molar-refractivity contribution is 5.68. The standard InChI is InChI=1S/C37H46N4O3/c1-4-6-11-34-33(35(42)41(25(3)40-34)24-37-20-27-16-28(21-37)18-29(17-27)22-37)19-26-12-14-30(15-13-26)32-10-8-7-9-31(32)23-39-44-36(43)38-5-2/h7-10,12-16,27,29,39H,4-6,11,17-24H2,1-3H3,(H,38,43). The van der Waals surface area contributed by atoms with Crippen LogP contribution in [-0.2, 0) is 30.8 Å². The van der Waals surface area contributed by atoms with Crippen LogP contribution in [-0.4, -0.2) is 22.2 Å². The molecule has 2 fully saturated rings. The van der Waals surface area contributed by atoms with Crippen LogP contribution >= 0.6 is 0 Å². The quantitative estimate of drug-likeness (QED) is 0.174. The summed E-state index contributed by atoms with van der Waals surface area (Å²) in [6.45, 7) is 7.76. The summed E-state index contributed by atoms with van der Waals surface area (Å²) in [5, 5.41) is 2.61. The third-order valence-electron chi connectivity index (χ3n) is 9.89. The number of hydroxylamine groups is 1. The molecule has 7 nitrogen and oxygen atoms in total. The maximum absolute atomic E-state index is 14.3. The molecule has 1 heterocycles. The van der Waals surface area contributed by atoms with E-state index in [2.05, 4.69) is 54.1 Å². The number of benzene rings is 2. The van der Waals surface area contributed by atoms with Gasteiger partial charge >= 0.3 is 6.09 Å². The predicted molar refractivity (Wildman–Crippen MR) is 174 cm³/mol. The van der Waals surface area contributed by atoms with Gasteiger partial charge in [-0.1, -0.05) is 73.5 Å². The number of carbonyl (C=O) groups is 1. The van der Waals surface area contributed by atoms with Crippen LogP contribution in [0.3, 0.4) is 0 Å². The smallest absolute Gasteiger partial charge is 0.354 e. The second-order valence-electron chi connectivity index (χ2n) is 13.3. The van der Waals surface area contributed by atoms with Crippen LogP contribution in [0.15, 0.2) is 65.0 Å². The summed E-state index contributed by atoms with van der Waals surface area (Å²) in [6, 6.07) is 16.6. The molecule has 1 amide bonds. The summed E-state index contributed by atoms with van der Waals surface area (Å²) < 4.78 is 2.03. The minimum Gasteiger partial charge on any atom is -0.354 e. The molecular weight excluding hydrogens is 548 g/mol. The van der Waals surface area contributed by atoms with Gasteiger partial charge < -0.3 is 10.2 Å². The van der Waals surface area contributed by atoms with Gasteiger partial charge in [0, 0.05) is 25.1 Å². The first-order chi connectivity index (χ1) is 21.4. The fourth-order valence-corrected chi connectivity index (χ4v) is 8.17. The van der Waals surface area contributed by atoms with Crippen molar-refractivity contribution in [2.45, 2.75) is 91.6 Å². The van der Waals surface area contributed by atoms with Crippen LogP contribution in [0.5, 0.6) is 0 Å². The maximum Gasteiger partial charge on any atom is 0.426 e. The van der Waals surface area contributed by atoms with Crippen LogP contribution in [0, 0.1) is 24.2 Å². The Bertz CT molecular complexity index is 1590. The molecule has 7 rings (SSSR count). The monoisotopic (exact) mass is 594 g/mol. The number of carbonyl (C=O) groups excluding carboxylic acids is 1. The molecule has 44 heavy (non-hydrogen) atoms. The summed E-state index contributed by atoms with van der Waals surface area (Å²) in [5.41, 5.74) is 10.9. The van der Waals surface area contributed by atoms with Gasteiger partial charge in [-0.15, -0.1) is 5.48 Å². The Morgan fingerprint density at radius 2 is 1.93 bits per heavy atom. The third kappa shape index (κ3) is 6.53. The Balaban J connectivity index is 1.23. The number of rotatable bonds is 12. The van der Waals surface area contributed by atoms with Crippen molar-refractivity contribution in [3.05, 3.63) is 98.7 Å². The van der Waals surface area contributed by atoms with E-state index in [4.69, 9.17) is 9.82 Å². The number of aromatic nitrogens is 2. The number of nitrogens with zero attached hydrogens (tertiary/aromatic N) is 2. The number of aryl methyl sites for hydroxylation is 2. The van der Waals surface area contributed by atoms with E-state index in [9.17, 15) is 9.59 Å². The summed E-state index contributed by atoms with van der Waals surface area (Å²) in [4.78, 5) is 36.1. The van der Waals surface area contributed by atoms with Crippen molar-refractivity contribution in [3.63, 3.8) is 0 Å². The van der Waals surface area contributed by atoms with Gasteiger partial charge in [-0.2, -0.15) is 0 Å². The van der Waals surface area contributed by atoms with Crippen molar-refractivity contribution < 1.29 is 9.63 Å². The first-order valence-electron chi connectivity index (χ1n) is 16.5. The van der Waals surface area contributed by atoms with Crippen LogP contribution in [0.25, 0.3) is 11.1 Å². The van der Waals surface area contributed by atoms with E-state index in [1.807, 2.05) is 36.6 Å². The summed E-state index contributed by atoms with van der Waals surface area (Å²) >= 11 is 0. The first kappa shape index (κ1) is 30.3. The SMILES string of the molecule is CCCCc1nc(C)n(CC23CC4=CC(CC(C4)C2)C3)c(=O)c1Cc1ccc(-c2ccccc2CNOC(=O)NCC)cc1. The topological polar surface area (TPSA) is 85.2 Å². The van der Waals surface area contributed by atoms with Gasteiger partial charge in [0.1, 0.15) is 5.82 Å². The van der Waals surface area contributed by atoms with Gasteiger partial charge in [0.2, 0.25) is 0 Å². The first-order valence-corrected chi connectivity index (χ1v) is 16.5. The van der Waals surface area contributed by atoms with Gasteiger partial charge in [-0.25, -0.2) is 9.78 Å². The molecule has 4 bridgehead atoms. The molecule has 0 spiro atoms. The number of hydrogen-bond acceptors (Lipinski definition) is 5. The molecule has 4 aliphatic rings. The molecule has 1 aromatic heterocycles. The third-order valence-corrected chi connectivity index (χ3v) is 9.89. The Morgan fingerprint density at radius 3 is 2.68 bits per heavy atom. The predicted octanol–water partition coefficient (Wildman–Crippen LogP) is 7.04. The van der Waals surface area contributed by atoms with Gasteiger partial charge in [0.25, 0.3) is 5.56 Å². The lowest BCUT2D eigenvalue weighted by Crippen LogP contribution is -2.46. The zero-order valence-electron chi connectivity index (χ0n) is 26.5. The lowest BCUT2D eigenvalue weighted by molar-refractivity contribution is 0.0450. The molecule has 4 aliphatic carbocycles. The molecule has 2 N–H and O–H groups in total. The summed E-state index contributed by atoms with van der Waals surface area (Å²) in [6.07, 6.45) is 11.8. The highest BCUT2D eigenvalue weighted by atomic mass is 16.7. The maximum atomic E-state index is 14.3. The van der Waals surface area contributed by atoms with Crippen molar-refractivity contribution in [2.75, 3.05) is 6.54 Å². The molecule has 3 aromatic rings. The average molecular weight is 595 g/mol. The summed E-state index contributed by atoms with van der Waals surface area (Å²) in [5.74, 6) is 2.36. The molecule has 232 valence electrons. The van der Waals surface area contributed by atoms with Crippen molar-refractivity contribution in [1.29, 1.82) is 0 Å². The second kappa shape index (κ2) is 13.1. The minimum atomic E-state index is -0.493. The van der Waals surface area contributed by atoms with E-state index in [0.29, 0.717) is 25.4 Å². The fourth-order valence-electron chi connectivity index (χ4n) is 8.17. The van der Waals surface area contributed by atoms with Crippen molar-refractivity contribution in [1.82, 2.24) is 20.3 Å². The molecule has 2 saturated carbocycles. The lowest BCUT2D eigenvalue weighted by Gasteiger charge is -2.53. The largest absolute Gasteiger partial charge is 0.426 e. The van der Waals surface area contributed by atoms with Crippen molar-refractivity contribution in [3.8, 4) is 11.1 Å². The minimum absolute atomic E-state index is 0.154. The average Bonchev–Trinajstić information content (AvgIpc) is 3.00. The van der Waals surface area contributed by atoms with Crippen LogP contribution in [0.4, 0.5) is 4.79 Å². The Hall–Kier alpha value is -3.71. The lowest BCUT2D eigenvalue weighted by atomic mass is 9.53. The van der Waals surface area contributed by atoms with E-state index in [0.717, 1.165) is 77.5 Å². The van der Waals surface area contributed by atoms with E-state index < -0.39 is 6.09 Å². The highest BCUT2D eigenvalue weighted by Gasteiger charge is 2.47. The fraction of sp³-hybridized carbons (Fsp3) is 0.486. The number of allylic oxidation sites excluding steroid dienone is 2.